The number of aromatic nitrogens is 1. The van der Waals surface area contributed by atoms with Gasteiger partial charge < -0.3 is 14.2 Å². The number of aryl methyl sites for hydroxylation is 1. The molecule has 0 aliphatic rings. The molecule has 3 aromatic rings. The van der Waals surface area contributed by atoms with Crippen molar-refractivity contribution in [2.24, 2.45) is 0 Å². The van der Waals surface area contributed by atoms with E-state index in [1.54, 1.807) is 37.3 Å². The quantitative estimate of drug-likeness (QED) is 0.394. The smallest absolute Gasteiger partial charge is 0.350 e. The van der Waals surface area contributed by atoms with Gasteiger partial charge in [-0.2, -0.15) is 0 Å². The van der Waals surface area contributed by atoms with Gasteiger partial charge in [-0.25, -0.2) is 9.78 Å². The van der Waals surface area contributed by atoms with Crippen LogP contribution in [-0.4, -0.2) is 37.6 Å². The molecule has 0 amide bonds. The van der Waals surface area contributed by atoms with Gasteiger partial charge in [-0.15, -0.1) is 11.3 Å². The van der Waals surface area contributed by atoms with E-state index in [1.807, 2.05) is 12.1 Å². The summed E-state index contributed by atoms with van der Waals surface area (Å²) in [6, 6.07) is 12.0. The van der Waals surface area contributed by atoms with Crippen LogP contribution in [0.5, 0.6) is 11.5 Å². The second-order valence-electron chi connectivity index (χ2n) is 6.01. The first-order valence-corrected chi connectivity index (χ1v) is 9.78. The molecule has 0 N–H and O–H groups in total. The van der Waals surface area contributed by atoms with E-state index in [0.29, 0.717) is 37.7 Å². The minimum absolute atomic E-state index is 0.347. The second-order valence-corrected chi connectivity index (χ2v) is 7.45. The van der Waals surface area contributed by atoms with Gasteiger partial charge in [0.05, 0.1) is 19.9 Å². The lowest BCUT2D eigenvalue weighted by Gasteiger charge is -2.09. The van der Waals surface area contributed by atoms with Crippen LogP contribution in [0.1, 0.15) is 25.7 Å². The molecular weight excluding hydrogens is 414 g/mol. The zero-order valence-electron chi connectivity index (χ0n) is 16.0. The Hall–Kier alpha value is -2.90. The Labute approximate surface area is 177 Å². The molecule has 0 saturated heterocycles. The topological polar surface area (TPSA) is 74.7 Å². The van der Waals surface area contributed by atoms with Gasteiger partial charge in [-0.05, 0) is 37.3 Å². The number of hydrogen-bond acceptors (Lipinski definition) is 7. The fourth-order valence-electron chi connectivity index (χ4n) is 2.62. The maximum absolute atomic E-state index is 12.5. The number of thiazole rings is 1. The third-order valence-electron chi connectivity index (χ3n) is 4.09. The standard InChI is InChI=1S/C21H18ClNO5S/c1-12-19(29-20(23-12)14-5-4-6-15(22)9-14)21(25)28-11-16(24)13-7-8-17(26-2)18(10-13)27-3/h4-10H,11H2,1-3H3. The Balaban J connectivity index is 1.70. The third-order valence-corrected chi connectivity index (χ3v) is 5.52. The van der Waals surface area contributed by atoms with Crippen LogP contribution in [0.2, 0.25) is 5.02 Å². The van der Waals surface area contributed by atoms with Crippen molar-refractivity contribution in [2.75, 3.05) is 20.8 Å². The number of hydrogen-bond donors (Lipinski definition) is 0. The third kappa shape index (κ3) is 4.75. The van der Waals surface area contributed by atoms with Crippen molar-refractivity contribution >= 4 is 34.7 Å². The number of nitrogens with zero attached hydrogens (tertiary/aromatic N) is 1. The highest BCUT2D eigenvalue weighted by Crippen LogP contribution is 2.30. The molecule has 0 atom stereocenters. The number of carbonyl (C=O) groups excluding carboxylic acids is 2. The Bertz CT molecular complexity index is 1060. The Morgan fingerprint density at radius 2 is 1.83 bits per heavy atom. The first-order chi connectivity index (χ1) is 13.9. The molecule has 29 heavy (non-hydrogen) atoms. The molecule has 0 unspecified atom stereocenters. The van der Waals surface area contributed by atoms with E-state index >= 15 is 0 Å². The van der Waals surface area contributed by atoms with Gasteiger partial charge in [0.15, 0.2) is 23.9 Å². The number of methoxy groups -OCH3 is 2. The lowest BCUT2D eigenvalue weighted by molar-refractivity contribution is 0.0478. The molecule has 0 fully saturated rings. The molecule has 150 valence electrons. The summed E-state index contributed by atoms with van der Waals surface area (Å²) in [4.78, 5) is 29.6. The van der Waals surface area contributed by atoms with Gasteiger partial charge in [0.1, 0.15) is 9.88 Å². The normalized spacial score (nSPS) is 10.5. The Kier molecular flexibility index (Phi) is 6.51. The van der Waals surface area contributed by atoms with Crippen molar-refractivity contribution in [3.8, 4) is 22.1 Å². The predicted octanol–water partition coefficient (Wildman–Crippen LogP) is 4.83. The molecule has 0 saturated carbocycles. The largest absolute Gasteiger partial charge is 0.493 e. The van der Waals surface area contributed by atoms with Crippen molar-refractivity contribution in [3.05, 3.63) is 63.6 Å². The zero-order valence-corrected chi connectivity index (χ0v) is 17.6. The molecule has 0 aliphatic heterocycles. The van der Waals surface area contributed by atoms with Crippen LogP contribution in [-0.2, 0) is 4.74 Å². The minimum atomic E-state index is -0.595. The fourth-order valence-corrected chi connectivity index (χ4v) is 3.77. The van der Waals surface area contributed by atoms with Crippen LogP contribution in [0.25, 0.3) is 10.6 Å². The highest BCUT2D eigenvalue weighted by molar-refractivity contribution is 7.17. The zero-order chi connectivity index (χ0) is 21.0. The molecule has 0 spiro atoms. The fraction of sp³-hybridized carbons (Fsp3) is 0.190. The maximum Gasteiger partial charge on any atom is 0.350 e. The Morgan fingerprint density at radius 1 is 1.07 bits per heavy atom. The summed E-state index contributed by atoms with van der Waals surface area (Å²) in [5, 5.41) is 1.24. The van der Waals surface area contributed by atoms with Gasteiger partial charge in [0.2, 0.25) is 0 Å². The van der Waals surface area contributed by atoms with E-state index in [-0.39, 0.29) is 5.78 Å². The number of ketones is 1. The van der Waals surface area contributed by atoms with Crippen LogP contribution < -0.4 is 9.47 Å². The number of rotatable bonds is 7. The first-order valence-electron chi connectivity index (χ1n) is 8.58. The maximum atomic E-state index is 12.5. The van der Waals surface area contributed by atoms with Gasteiger partial charge in [-0.1, -0.05) is 23.7 Å². The lowest BCUT2D eigenvalue weighted by atomic mass is 10.1. The van der Waals surface area contributed by atoms with Crippen molar-refractivity contribution in [3.63, 3.8) is 0 Å². The summed E-state index contributed by atoms with van der Waals surface area (Å²) >= 11 is 7.21. The summed E-state index contributed by atoms with van der Waals surface area (Å²) < 4.78 is 15.6. The van der Waals surface area contributed by atoms with Gasteiger partial charge in [0, 0.05) is 16.1 Å². The Morgan fingerprint density at radius 3 is 2.52 bits per heavy atom. The van der Waals surface area contributed by atoms with E-state index in [4.69, 9.17) is 25.8 Å². The highest BCUT2D eigenvalue weighted by atomic mass is 35.5. The van der Waals surface area contributed by atoms with Crippen LogP contribution in [0.3, 0.4) is 0 Å². The van der Waals surface area contributed by atoms with Crippen molar-refractivity contribution in [1.82, 2.24) is 4.98 Å². The molecule has 0 radical (unpaired) electrons. The summed E-state index contributed by atoms with van der Waals surface area (Å²) in [5.74, 6) is -0.0114. The summed E-state index contributed by atoms with van der Waals surface area (Å²) in [6.45, 7) is 1.33. The average molecular weight is 432 g/mol. The number of benzene rings is 2. The molecule has 0 aliphatic carbocycles. The van der Waals surface area contributed by atoms with Crippen LogP contribution >= 0.6 is 22.9 Å². The van der Waals surface area contributed by atoms with Crippen LogP contribution in [0, 0.1) is 6.92 Å². The number of carbonyl (C=O) groups is 2. The van der Waals surface area contributed by atoms with Crippen molar-refractivity contribution < 1.29 is 23.8 Å². The van der Waals surface area contributed by atoms with Gasteiger partial charge >= 0.3 is 5.97 Å². The predicted molar refractivity (Wildman–Crippen MR) is 111 cm³/mol. The molecule has 8 heteroatoms. The lowest BCUT2D eigenvalue weighted by Crippen LogP contribution is -2.14. The first kappa shape index (κ1) is 20.8. The van der Waals surface area contributed by atoms with E-state index in [9.17, 15) is 9.59 Å². The summed E-state index contributed by atoms with van der Waals surface area (Å²) in [7, 11) is 2.99. The number of Topliss-reactive ketones (excluding diaryl/α,β-unsaturated/α-hetero) is 1. The van der Waals surface area contributed by atoms with Crippen molar-refractivity contribution in [2.45, 2.75) is 6.92 Å². The van der Waals surface area contributed by atoms with E-state index in [2.05, 4.69) is 4.98 Å². The monoisotopic (exact) mass is 431 g/mol. The molecule has 1 aromatic heterocycles. The second kappa shape index (κ2) is 9.07. The van der Waals surface area contributed by atoms with E-state index in [0.717, 1.165) is 5.56 Å². The molecule has 1 heterocycles. The molecule has 0 bridgehead atoms. The number of halogens is 1. The van der Waals surface area contributed by atoms with Gasteiger partial charge in [-0.3, -0.25) is 4.79 Å². The number of esters is 1. The highest BCUT2D eigenvalue weighted by Gasteiger charge is 2.20. The average Bonchev–Trinajstić information content (AvgIpc) is 3.13. The molecule has 3 rings (SSSR count). The van der Waals surface area contributed by atoms with E-state index in [1.165, 1.54) is 25.6 Å². The summed E-state index contributed by atoms with van der Waals surface area (Å²) in [5.41, 5.74) is 1.70. The SMILES string of the molecule is COc1ccc(C(=O)COC(=O)c2sc(-c3cccc(Cl)c3)nc2C)cc1OC. The minimum Gasteiger partial charge on any atom is -0.493 e. The number of ether oxygens (including phenoxy) is 3. The molecule has 6 nitrogen and oxygen atoms in total. The molecular formula is C21H18ClNO5S. The van der Waals surface area contributed by atoms with Gasteiger partial charge in [0.25, 0.3) is 0 Å². The van der Waals surface area contributed by atoms with Crippen molar-refractivity contribution in [1.29, 1.82) is 0 Å². The van der Waals surface area contributed by atoms with E-state index < -0.39 is 12.6 Å². The summed E-state index contributed by atoms with van der Waals surface area (Å²) in [6.07, 6.45) is 0. The van der Waals surface area contributed by atoms with Crippen LogP contribution in [0.15, 0.2) is 42.5 Å². The molecule has 2 aromatic carbocycles. The van der Waals surface area contributed by atoms with Crippen LogP contribution in [0.4, 0.5) is 0 Å².